The fourth-order valence-electron chi connectivity index (χ4n) is 3.67. The van der Waals surface area contributed by atoms with E-state index in [0.717, 1.165) is 37.4 Å². The Hall–Kier alpha value is -2.16. The summed E-state index contributed by atoms with van der Waals surface area (Å²) in [4.78, 5) is 27.0. The molecule has 9 heteroatoms. The minimum atomic E-state index is -0.0793. The summed E-state index contributed by atoms with van der Waals surface area (Å²) in [5.74, 6) is 1.03. The van der Waals surface area contributed by atoms with Crippen molar-refractivity contribution in [1.29, 1.82) is 0 Å². The summed E-state index contributed by atoms with van der Waals surface area (Å²) in [6.45, 7) is 5.41. The Morgan fingerprint density at radius 3 is 2.59 bits per heavy atom. The minimum absolute atomic E-state index is 0.0416. The highest BCUT2D eigenvalue weighted by atomic mass is 35.5. The second-order valence-electron chi connectivity index (χ2n) is 7.21. The summed E-state index contributed by atoms with van der Waals surface area (Å²) in [7, 11) is 1.61. The average Bonchev–Trinajstić information content (AvgIpc) is 3.04. The van der Waals surface area contributed by atoms with Gasteiger partial charge in [-0.05, 0) is 57.1 Å². The fraction of sp³-hybridized carbons (Fsp3) is 0.550. The lowest BCUT2D eigenvalue weighted by molar-refractivity contribution is -0.117. The third-order valence-corrected chi connectivity index (χ3v) is 5.47. The number of carbonyl (C=O) groups excluding carboxylic acids is 1. The second-order valence-corrected chi connectivity index (χ2v) is 7.64. The smallest absolute Gasteiger partial charge is 0.345 e. The van der Waals surface area contributed by atoms with Crippen molar-refractivity contribution in [2.45, 2.75) is 38.8 Å². The van der Waals surface area contributed by atoms with Gasteiger partial charge in [0.15, 0.2) is 0 Å². The molecule has 158 valence electrons. The second kappa shape index (κ2) is 10.0. The molecule has 0 aliphatic carbocycles. The number of carbonyl (C=O) groups is 1. The number of aromatic nitrogens is 3. The van der Waals surface area contributed by atoms with Crippen molar-refractivity contribution in [3.05, 3.63) is 45.6 Å². The summed E-state index contributed by atoms with van der Waals surface area (Å²) < 4.78 is 8.32. The predicted octanol–water partition coefficient (Wildman–Crippen LogP) is 2.18. The maximum absolute atomic E-state index is 12.5. The lowest BCUT2D eigenvalue weighted by Crippen LogP contribution is -2.39. The van der Waals surface area contributed by atoms with E-state index in [2.05, 4.69) is 15.3 Å². The molecule has 0 bridgehead atoms. The Labute approximate surface area is 175 Å². The zero-order chi connectivity index (χ0) is 20.8. The molecule has 0 saturated carbocycles. The Morgan fingerprint density at radius 1 is 1.28 bits per heavy atom. The van der Waals surface area contributed by atoms with E-state index in [-0.39, 0.29) is 17.5 Å². The van der Waals surface area contributed by atoms with Crippen LogP contribution >= 0.6 is 11.6 Å². The number of ether oxygens (including phenoxy) is 1. The normalized spacial score (nSPS) is 15.6. The number of likely N-dealkylation sites (tertiary alicyclic amines) is 1. The summed E-state index contributed by atoms with van der Waals surface area (Å²) in [5, 5.41) is 8.10. The van der Waals surface area contributed by atoms with Gasteiger partial charge in [0.05, 0.1) is 19.7 Å². The molecule has 1 fully saturated rings. The molecule has 2 heterocycles. The van der Waals surface area contributed by atoms with Gasteiger partial charge >= 0.3 is 5.69 Å². The van der Waals surface area contributed by atoms with Gasteiger partial charge in [0, 0.05) is 30.3 Å². The van der Waals surface area contributed by atoms with Crippen LogP contribution in [0.15, 0.2) is 29.1 Å². The fourth-order valence-corrected chi connectivity index (χ4v) is 3.79. The molecule has 29 heavy (non-hydrogen) atoms. The Morgan fingerprint density at radius 2 is 1.97 bits per heavy atom. The van der Waals surface area contributed by atoms with Crippen LogP contribution in [0.2, 0.25) is 5.02 Å². The number of halogens is 1. The van der Waals surface area contributed by atoms with E-state index < -0.39 is 0 Å². The number of nitrogens with zero attached hydrogens (tertiary/aromatic N) is 4. The molecule has 0 unspecified atom stereocenters. The third kappa shape index (κ3) is 5.46. The number of rotatable bonds is 8. The topological polar surface area (TPSA) is 81.4 Å². The molecule has 1 aliphatic heterocycles. The first kappa shape index (κ1) is 21.5. The third-order valence-electron chi connectivity index (χ3n) is 5.22. The van der Waals surface area contributed by atoms with Gasteiger partial charge in [-0.1, -0.05) is 11.6 Å². The molecule has 8 nitrogen and oxygen atoms in total. The van der Waals surface area contributed by atoms with Crippen LogP contribution in [0.5, 0.6) is 0 Å². The van der Waals surface area contributed by atoms with Crippen LogP contribution in [0.1, 0.15) is 31.5 Å². The standard InChI is InChI=1S/C20H28ClN5O3/c1-3-25-19(23-26(20(25)28)12-13-29-2)15-8-10-24(11-9-15)14-18(27)22-17-6-4-16(21)5-7-17/h4-7,15H,3,8-14H2,1-2H3,(H,22,27). The first-order chi connectivity index (χ1) is 14.0. The maximum atomic E-state index is 12.5. The molecule has 2 aromatic rings. The maximum Gasteiger partial charge on any atom is 0.345 e. The average molecular weight is 422 g/mol. The van der Waals surface area contributed by atoms with Crippen molar-refractivity contribution >= 4 is 23.2 Å². The van der Waals surface area contributed by atoms with Gasteiger partial charge in [0.2, 0.25) is 5.91 Å². The van der Waals surface area contributed by atoms with E-state index in [9.17, 15) is 9.59 Å². The number of nitrogens with one attached hydrogen (secondary N) is 1. The molecule has 0 spiro atoms. The number of hydrogen-bond donors (Lipinski definition) is 1. The Balaban J connectivity index is 1.55. The van der Waals surface area contributed by atoms with E-state index in [0.29, 0.717) is 31.3 Å². The van der Waals surface area contributed by atoms with Crippen molar-refractivity contribution in [2.75, 3.05) is 38.7 Å². The molecule has 0 atom stereocenters. The highest BCUT2D eigenvalue weighted by Gasteiger charge is 2.27. The largest absolute Gasteiger partial charge is 0.383 e. The summed E-state index contributed by atoms with van der Waals surface area (Å²) in [5.41, 5.74) is 0.659. The van der Waals surface area contributed by atoms with Crippen LogP contribution in [0, 0.1) is 0 Å². The van der Waals surface area contributed by atoms with E-state index in [4.69, 9.17) is 16.3 Å². The van der Waals surface area contributed by atoms with Crippen molar-refractivity contribution in [3.63, 3.8) is 0 Å². The monoisotopic (exact) mass is 421 g/mol. The van der Waals surface area contributed by atoms with Gasteiger partial charge in [-0.2, -0.15) is 5.10 Å². The van der Waals surface area contributed by atoms with Gasteiger partial charge in [-0.25, -0.2) is 9.48 Å². The number of piperidine rings is 1. The van der Waals surface area contributed by atoms with Gasteiger partial charge in [0.1, 0.15) is 5.82 Å². The molecule has 1 N–H and O–H groups in total. The summed E-state index contributed by atoms with van der Waals surface area (Å²) >= 11 is 5.87. The van der Waals surface area contributed by atoms with Gasteiger partial charge in [-0.15, -0.1) is 0 Å². The Bertz CT molecular complexity index is 869. The van der Waals surface area contributed by atoms with Crippen LogP contribution in [-0.4, -0.2) is 58.5 Å². The van der Waals surface area contributed by atoms with Crippen molar-refractivity contribution in [3.8, 4) is 0 Å². The summed E-state index contributed by atoms with van der Waals surface area (Å²) in [6.07, 6.45) is 1.74. The molecule has 1 saturated heterocycles. The molecular formula is C20H28ClN5O3. The minimum Gasteiger partial charge on any atom is -0.383 e. The zero-order valence-electron chi connectivity index (χ0n) is 16.9. The highest BCUT2D eigenvalue weighted by Crippen LogP contribution is 2.26. The van der Waals surface area contributed by atoms with Crippen molar-refractivity contribution < 1.29 is 9.53 Å². The molecule has 1 aromatic carbocycles. The number of benzene rings is 1. The van der Waals surface area contributed by atoms with E-state index in [1.807, 2.05) is 6.92 Å². The molecule has 1 aliphatic rings. The number of hydrogen-bond acceptors (Lipinski definition) is 5. The van der Waals surface area contributed by atoms with E-state index in [1.165, 1.54) is 4.68 Å². The van der Waals surface area contributed by atoms with Crippen LogP contribution in [0.4, 0.5) is 5.69 Å². The van der Waals surface area contributed by atoms with Gasteiger partial charge in [-0.3, -0.25) is 14.3 Å². The van der Waals surface area contributed by atoms with Crippen molar-refractivity contribution in [2.24, 2.45) is 0 Å². The lowest BCUT2D eigenvalue weighted by atomic mass is 9.96. The molecule has 3 rings (SSSR count). The molecule has 1 aromatic heterocycles. The van der Waals surface area contributed by atoms with E-state index >= 15 is 0 Å². The molecule has 1 amide bonds. The van der Waals surface area contributed by atoms with Crippen molar-refractivity contribution in [1.82, 2.24) is 19.2 Å². The number of amides is 1. The molecular weight excluding hydrogens is 394 g/mol. The summed E-state index contributed by atoms with van der Waals surface area (Å²) in [6, 6.07) is 7.08. The highest BCUT2D eigenvalue weighted by molar-refractivity contribution is 6.30. The lowest BCUT2D eigenvalue weighted by Gasteiger charge is -2.30. The quantitative estimate of drug-likeness (QED) is 0.706. The first-order valence-electron chi connectivity index (χ1n) is 9.96. The number of anilines is 1. The molecule has 0 radical (unpaired) electrons. The number of methoxy groups -OCH3 is 1. The van der Waals surface area contributed by atoms with Crippen LogP contribution in [-0.2, 0) is 22.6 Å². The predicted molar refractivity (Wildman–Crippen MR) is 113 cm³/mol. The zero-order valence-corrected chi connectivity index (χ0v) is 17.7. The van der Waals surface area contributed by atoms with Gasteiger partial charge < -0.3 is 10.1 Å². The SMILES string of the molecule is CCn1c(C2CCN(CC(=O)Nc3ccc(Cl)cc3)CC2)nn(CCOC)c1=O. The first-order valence-corrected chi connectivity index (χ1v) is 10.3. The van der Waals surface area contributed by atoms with Crippen LogP contribution < -0.4 is 11.0 Å². The van der Waals surface area contributed by atoms with E-state index in [1.54, 1.807) is 35.9 Å². The Kier molecular flexibility index (Phi) is 7.46. The van der Waals surface area contributed by atoms with Crippen LogP contribution in [0.3, 0.4) is 0 Å². The van der Waals surface area contributed by atoms with Gasteiger partial charge in [0.25, 0.3) is 0 Å². The van der Waals surface area contributed by atoms with Crippen LogP contribution in [0.25, 0.3) is 0 Å².